The van der Waals surface area contributed by atoms with Gasteiger partial charge in [-0.15, -0.1) is 0 Å². The van der Waals surface area contributed by atoms with Crippen molar-refractivity contribution in [1.29, 1.82) is 0 Å². The molecule has 0 unspecified atom stereocenters. The summed E-state index contributed by atoms with van der Waals surface area (Å²) in [7, 11) is 0. The van der Waals surface area contributed by atoms with Crippen LogP contribution in [-0.4, -0.2) is 59.8 Å². The summed E-state index contributed by atoms with van der Waals surface area (Å²) >= 11 is 8.01. The number of hydrogen-bond donors (Lipinski definition) is 4. The Labute approximate surface area is 212 Å². The molecular formula is C20H17Br2N5O6S. The van der Waals surface area contributed by atoms with Crippen molar-refractivity contribution < 1.29 is 24.5 Å². The summed E-state index contributed by atoms with van der Waals surface area (Å²) in [6, 6.07) is 5.36. The summed E-state index contributed by atoms with van der Waals surface area (Å²) < 4.78 is 14.2. The average molecular weight is 615 g/mol. The van der Waals surface area contributed by atoms with E-state index in [9.17, 15) is 20.1 Å². The number of rotatable bonds is 5. The second kappa shape index (κ2) is 9.18. The van der Waals surface area contributed by atoms with Gasteiger partial charge in [-0.1, -0.05) is 27.7 Å². The first kappa shape index (κ1) is 23.7. The van der Waals surface area contributed by atoms with Gasteiger partial charge in [0.05, 0.1) is 17.3 Å². The number of nitrogen functional groups attached to an aromatic ring is 1. The van der Waals surface area contributed by atoms with E-state index in [0.717, 1.165) is 9.86 Å². The Kier molecular flexibility index (Phi) is 6.39. The topological polar surface area (TPSA) is 170 Å². The molecule has 4 heterocycles. The van der Waals surface area contributed by atoms with Gasteiger partial charge in [-0.25, -0.2) is 14.8 Å². The van der Waals surface area contributed by atoms with Crippen LogP contribution < -0.4 is 11.4 Å². The summed E-state index contributed by atoms with van der Waals surface area (Å²) in [6.07, 6.45) is -3.31. The molecule has 14 heteroatoms. The lowest BCUT2D eigenvalue weighted by Gasteiger charge is -2.19. The van der Waals surface area contributed by atoms with E-state index in [1.165, 1.54) is 22.5 Å². The Bertz CT molecular complexity index is 1460. The van der Waals surface area contributed by atoms with Gasteiger partial charge in [0, 0.05) is 21.2 Å². The number of nitrogens with two attached hydrogens (primary N) is 1. The molecule has 3 aromatic heterocycles. The van der Waals surface area contributed by atoms with E-state index in [1.54, 1.807) is 12.1 Å². The fourth-order valence-electron chi connectivity index (χ4n) is 3.75. The third kappa shape index (κ3) is 4.12. The lowest BCUT2D eigenvalue weighted by atomic mass is 10.1. The van der Waals surface area contributed by atoms with Crippen LogP contribution in [0.5, 0.6) is 0 Å². The van der Waals surface area contributed by atoms with Gasteiger partial charge < -0.3 is 30.2 Å². The minimum Gasteiger partial charge on any atom is -0.421 e. The molecule has 1 aliphatic rings. The van der Waals surface area contributed by atoms with Crippen LogP contribution in [-0.2, 0) is 10.5 Å². The number of aliphatic hydroxyl groups excluding tert-OH is 3. The molecule has 5 N–H and O–H groups in total. The smallest absolute Gasteiger partial charge is 0.340 e. The standard InChI is InChI=1S/C20H17Br2N5O6S/c21-9-2-7-1-8(18(31)33-15(7)10(22)3-9)6-34-20-25-11-4-24-19(23)26-16(11)27(20)17-14(30)13(29)12(5-28)32-17/h1-4,12-14,17,28-30H,5-6H2,(H2,23,24,26)/t12-,13-,14-,17-/m1/s1. The van der Waals surface area contributed by atoms with Gasteiger partial charge in [-0.3, -0.25) is 4.57 Å². The molecule has 0 aliphatic carbocycles. The van der Waals surface area contributed by atoms with E-state index in [1.807, 2.05) is 6.07 Å². The number of benzene rings is 1. The monoisotopic (exact) mass is 613 g/mol. The fraction of sp³-hybridized carbons (Fsp3) is 0.300. The summed E-state index contributed by atoms with van der Waals surface area (Å²) in [6.45, 7) is -0.482. The Morgan fingerprint density at radius 2 is 1.97 bits per heavy atom. The van der Waals surface area contributed by atoms with Crippen molar-refractivity contribution in [3.63, 3.8) is 0 Å². The van der Waals surface area contributed by atoms with Crippen LogP contribution in [0.2, 0.25) is 0 Å². The summed E-state index contributed by atoms with van der Waals surface area (Å²) in [4.78, 5) is 25.3. The summed E-state index contributed by atoms with van der Waals surface area (Å²) in [5, 5.41) is 31.4. The van der Waals surface area contributed by atoms with E-state index in [0.29, 0.717) is 26.3 Å². The van der Waals surface area contributed by atoms with Crippen molar-refractivity contribution in [3.8, 4) is 0 Å². The number of fused-ring (bicyclic) bond motifs is 2. The highest BCUT2D eigenvalue weighted by molar-refractivity contribution is 9.11. The molecule has 0 bridgehead atoms. The largest absolute Gasteiger partial charge is 0.421 e. The number of hydrogen-bond acceptors (Lipinski definition) is 11. The number of aromatic nitrogens is 4. The molecular weight excluding hydrogens is 598 g/mol. The van der Waals surface area contributed by atoms with Crippen LogP contribution in [0.4, 0.5) is 5.95 Å². The predicted octanol–water partition coefficient (Wildman–Crippen LogP) is 1.94. The molecule has 178 valence electrons. The molecule has 4 aromatic rings. The highest BCUT2D eigenvalue weighted by Crippen LogP contribution is 2.36. The van der Waals surface area contributed by atoms with Crippen molar-refractivity contribution >= 4 is 71.7 Å². The van der Waals surface area contributed by atoms with Gasteiger partial charge in [0.2, 0.25) is 5.95 Å². The zero-order valence-corrected chi connectivity index (χ0v) is 21.1. The predicted molar refractivity (Wildman–Crippen MR) is 130 cm³/mol. The fourth-order valence-corrected chi connectivity index (χ4v) is 6.07. The Balaban J connectivity index is 1.54. The Morgan fingerprint density at radius 3 is 2.71 bits per heavy atom. The highest BCUT2D eigenvalue weighted by Gasteiger charge is 2.45. The lowest BCUT2D eigenvalue weighted by Crippen LogP contribution is -2.33. The second-order valence-corrected chi connectivity index (χ2v) is 10.3. The number of aliphatic hydroxyl groups is 3. The first-order chi connectivity index (χ1) is 16.3. The number of thioether (sulfide) groups is 1. The Hall–Kier alpha value is -2.07. The summed E-state index contributed by atoms with van der Waals surface area (Å²) in [5.74, 6) is 0.173. The molecule has 1 aliphatic heterocycles. The maximum absolute atomic E-state index is 12.6. The van der Waals surface area contributed by atoms with Crippen LogP contribution in [0.25, 0.3) is 22.1 Å². The molecule has 0 amide bonds. The summed E-state index contributed by atoms with van der Waals surface area (Å²) in [5.41, 5.74) is 6.75. The van der Waals surface area contributed by atoms with E-state index < -0.39 is 36.8 Å². The van der Waals surface area contributed by atoms with Crippen LogP contribution in [0, 0.1) is 0 Å². The number of nitrogens with zero attached hydrogens (tertiary/aromatic N) is 4. The number of anilines is 1. The van der Waals surface area contributed by atoms with Gasteiger partial charge >= 0.3 is 5.63 Å². The minimum absolute atomic E-state index is 0.0109. The number of imidazole rings is 1. The molecule has 1 aromatic carbocycles. The van der Waals surface area contributed by atoms with Crippen LogP contribution in [0.15, 0.2) is 47.7 Å². The minimum atomic E-state index is -1.36. The lowest BCUT2D eigenvalue weighted by molar-refractivity contribution is -0.0548. The van der Waals surface area contributed by atoms with Crippen molar-refractivity contribution in [2.75, 3.05) is 12.3 Å². The molecule has 1 fully saturated rings. The average Bonchev–Trinajstić information content (AvgIpc) is 3.29. The molecule has 11 nitrogen and oxygen atoms in total. The van der Waals surface area contributed by atoms with Crippen molar-refractivity contribution in [1.82, 2.24) is 19.5 Å². The molecule has 34 heavy (non-hydrogen) atoms. The van der Waals surface area contributed by atoms with Gasteiger partial charge in [-0.2, -0.15) is 4.98 Å². The quantitative estimate of drug-likeness (QED) is 0.191. The Morgan fingerprint density at radius 1 is 1.18 bits per heavy atom. The molecule has 4 atom stereocenters. The molecule has 0 spiro atoms. The first-order valence-electron chi connectivity index (χ1n) is 9.94. The normalized spacial score (nSPS) is 22.7. The molecule has 5 rings (SSSR count). The van der Waals surface area contributed by atoms with E-state index >= 15 is 0 Å². The first-order valence-corrected chi connectivity index (χ1v) is 12.5. The van der Waals surface area contributed by atoms with E-state index in [-0.39, 0.29) is 17.3 Å². The van der Waals surface area contributed by atoms with Crippen LogP contribution in [0.3, 0.4) is 0 Å². The SMILES string of the molecule is Nc1ncc2nc(SCc3cc4cc(Br)cc(Br)c4oc3=O)n([C@@H]3O[C@H](CO)[C@@H](O)[C@H]3O)c2n1. The van der Waals surface area contributed by atoms with Crippen molar-refractivity contribution in [2.45, 2.75) is 35.4 Å². The molecule has 0 radical (unpaired) electrons. The maximum Gasteiger partial charge on any atom is 0.340 e. The maximum atomic E-state index is 12.6. The second-order valence-electron chi connectivity index (χ2n) is 7.58. The highest BCUT2D eigenvalue weighted by atomic mass is 79.9. The van der Waals surface area contributed by atoms with Gasteiger partial charge in [0.1, 0.15) is 23.8 Å². The van der Waals surface area contributed by atoms with Crippen LogP contribution in [0.1, 0.15) is 11.8 Å². The van der Waals surface area contributed by atoms with E-state index in [2.05, 4.69) is 46.8 Å². The van der Waals surface area contributed by atoms with Crippen LogP contribution >= 0.6 is 43.6 Å². The molecule has 1 saturated heterocycles. The zero-order valence-electron chi connectivity index (χ0n) is 17.1. The van der Waals surface area contributed by atoms with Gasteiger partial charge in [0.15, 0.2) is 22.6 Å². The van der Waals surface area contributed by atoms with E-state index in [4.69, 9.17) is 14.9 Å². The van der Waals surface area contributed by atoms with Gasteiger partial charge in [0.25, 0.3) is 0 Å². The number of ether oxygens (including phenoxy) is 1. The van der Waals surface area contributed by atoms with Crippen molar-refractivity contribution in [2.24, 2.45) is 0 Å². The van der Waals surface area contributed by atoms with Gasteiger partial charge in [-0.05, 0) is 34.1 Å². The number of halogens is 2. The zero-order chi connectivity index (χ0) is 24.1. The molecule has 0 saturated carbocycles. The third-order valence-electron chi connectivity index (χ3n) is 5.37. The third-order valence-corrected chi connectivity index (χ3v) is 7.42. The van der Waals surface area contributed by atoms with Crippen molar-refractivity contribution in [3.05, 3.63) is 49.3 Å².